The number of hydrogen-bond acceptors (Lipinski definition) is 2. The number of guanidine groups is 1. The highest BCUT2D eigenvalue weighted by atomic mass is 127. The van der Waals surface area contributed by atoms with Crippen molar-refractivity contribution in [3.05, 3.63) is 52.3 Å². The van der Waals surface area contributed by atoms with Crippen LogP contribution in [0.15, 0.2) is 46.0 Å². The fraction of sp³-hybridized carbons (Fsp3) is 0.389. The van der Waals surface area contributed by atoms with Crippen LogP contribution in [-0.4, -0.2) is 40.7 Å². The number of aryl methyl sites for hydroxylation is 1. The number of rotatable bonds is 6. The van der Waals surface area contributed by atoms with Gasteiger partial charge in [0.25, 0.3) is 0 Å². The Balaban J connectivity index is 0.00000312. The van der Waals surface area contributed by atoms with Crippen LogP contribution in [0.5, 0.6) is 5.75 Å². The summed E-state index contributed by atoms with van der Waals surface area (Å²) in [5.74, 6) is 1.18. The minimum atomic E-state index is 0. The maximum Gasteiger partial charge on any atom is 0.194 e. The van der Waals surface area contributed by atoms with Gasteiger partial charge in [0, 0.05) is 43.5 Å². The zero-order valence-electron chi connectivity index (χ0n) is 14.9. The second kappa shape index (κ2) is 10.7. The van der Waals surface area contributed by atoms with Crippen molar-refractivity contribution in [2.45, 2.75) is 19.9 Å². The van der Waals surface area contributed by atoms with E-state index in [1.807, 2.05) is 26.2 Å². The average molecular weight is 521 g/mol. The summed E-state index contributed by atoms with van der Waals surface area (Å²) in [6.45, 7) is 4.34. The van der Waals surface area contributed by atoms with Crippen LogP contribution in [0.1, 0.15) is 18.2 Å². The first kappa shape index (κ1) is 21.8. The molecular formula is C18H26BrIN4O. The second-order valence-electron chi connectivity index (χ2n) is 5.77. The number of halogens is 2. The number of nitrogens with one attached hydrogen (secondary N) is 1. The van der Waals surface area contributed by atoms with E-state index in [1.165, 1.54) is 5.69 Å². The number of benzene rings is 1. The zero-order chi connectivity index (χ0) is 17.5. The van der Waals surface area contributed by atoms with Gasteiger partial charge in [-0.2, -0.15) is 0 Å². The van der Waals surface area contributed by atoms with E-state index in [0.29, 0.717) is 12.3 Å². The number of nitrogens with zero attached hydrogens (tertiary/aromatic N) is 3. The Hall–Kier alpha value is -1.22. The van der Waals surface area contributed by atoms with E-state index >= 15 is 0 Å². The molecule has 0 radical (unpaired) electrons. The number of aromatic nitrogens is 1. The molecule has 0 saturated heterocycles. The van der Waals surface area contributed by atoms with Crippen LogP contribution in [0.4, 0.5) is 0 Å². The lowest BCUT2D eigenvalue weighted by Gasteiger charge is -2.22. The molecule has 7 heteroatoms. The first-order chi connectivity index (χ1) is 11.5. The molecule has 2 N–H and O–H groups in total. The lowest BCUT2D eigenvalue weighted by atomic mass is 10.1. The van der Waals surface area contributed by atoms with Crippen molar-refractivity contribution >= 4 is 45.9 Å². The quantitative estimate of drug-likeness (QED) is 0.346. The third kappa shape index (κ3) is 6.89. The Morgan fingerprint density at radius 1 is 1.36 bits per heavy atom. The number of hydrogen-bond donors (Lipinski definition) is 2. The molecule has 0 bridgehead atoms. The molecule has 5 nitrogen and oxygen atoms in total. The first-order valence-corrected chi connectivity index (χ1v) is 8.87. The molecule has 2 rings (SSSR count). The van der Waals surface area contributed by atoms with Gasteiger partial charge in [-0.1, -0.05) is 12.1 Å². The van der Waals surface area contributed by atoms with Gasteiger partial charge in [0.1, 0.15) is 5.75 Å². The van der Waals surface area contributed by atoms with Gasteiger partial charge in [-0.25, -0.2) is 0 Å². The van der Waals surface area contributed by atoms with Crippen LogP contribution in [0, 0.1) is 0 Å². The standard InChI is InChI=1S/C18H25BrN4O.HI/c1-4-20-18(21-9-8-14-6-5-7-17(24)10-14)23(3)13-16-11-15(19)12-22(16)2;/h5-7,10-12,24H,4,8-9,13H2,1-3H3,(H,20,21);1H. The van der Waals surface area contributed by atoms with E-state index in [2.05, 4.69) is 49.9 Å². The summed E-state index contributed by atoms with van der Waals surface area (Å²) < 4.78 is 3.19. The van der Waals surface area contributed by atoms with Crippen molar-refractivity contribution in [2.24, 2.45) is 12.0 Å². The molecular weight excluding hydrogens is 495 g/mol. The Kier molecular flexibility index (Phi) is 9.34. The monoisotopic (exact) mass is 520 g/mol. The largest absolute Gasteiger partial charge is 0.508 e. The number of phenols is 1. The molecule has 0 spiro atoms. The Bertz CT molecular complexity index is 702. The molecule has 0 aliphatic heterocycles. The molecule has 25 heavy (non-hydrogen) atoms. The van der Waals surface area contributed by atoms with Gasteiger partial charge in [0.2, 0.25) is 0 Å². The van der Waals surface area contributed by atoms with E-state index in [9.17, 15) is 5.11 Å². The number of aromatic hydroxyl groups is 1. The van der Waals surface area contributed by atoms with Crippen molar-refractivity contribution in [1.29, 1.82) is 0 Å². The van der Waals surface area contributed by atoms with E-state index in [1.54, 1.807) is 12.1 Å². The van der Waals surface area contributed by atoms with Gasteiger partial charge in [0.15, 0.2) is 5.96 Å². The third-order valence-electron chi connectivity index (χ3n) is 3.74. The summed E-state index contributed by atoms with van der Waals surface area (Å²) in [5, 5.41) is 12.9. The predicted molar refractivity (Wildman–Crippen MR) is 118 cm³/mol. The molecule has 0 saturated carbocycles. The van der Waals surface area contributed by atoms with Crippen molar-refractivity contribution in [1.82, 2.24) is 14.8 Å². The van der Waals surface area contributed by atoms with Crippen LogP contribution < -0.4 is 5.32 Å². The summed E-state index contributed by atoms with van der Waals surface area (Å²) in [4.78, 5) is 6.82. The van der Waals surface area contributed by atoms with Gasteiger partial charge in [-0.3, -0.25) is 4.99 Å². The highest BCUT2D eigenvalue weighted by Crippen LogP contribution is 2.15. The maximum absolute atomic E-state index is 9.52. The van der Waals surface area contributed by atoms with Crippen molar-refractivity contribution in [2.75, 3.05) is 20.1 Å². The molecule has 2 aromatic rings. The van der Waals surface area contributed by atoms with Crippen LogP contribution in [0.25, 0.3) is 0 Å². The Morgan fingerprint density at radius 2 is 2.12 bits per heavy atom. The minimum Gasteiger partial charge on any atom is -0.508 e. The Morgan fingerprint density at radius 3 is 2.72 bits per heavy atom. The normalized spacial score (nSPS) is 11.1. The molecule has 0 amide bonds. The van der Waals surface area contributed by atoms with Crippen LogP contribution >= 0.6 is 39.9 Å². The first-order valence-electron chi connectivity index (χ1n) is 8.07. The molecule has 1 aromatic heterocycles. The van der Waals surface area contributed by atoms with Crippen LogP contribution in [0.2, 0.25) is 0 Å². The minimum absolute atomic E-state index is 0. The lowest BCUT2D eigenvalue weighted by Crippen LogP contribution is -2.39. The SMILES string of the molecule is CCNC(=NCCc1cccc(O)c1)N(C)Cc1cc(Br)cn1C.I. The highest BCUT2D eigenvalue weighted by molar-refractivity contribution is 14.0. The highest BCUT2D eigenvalue weighted by Gasteiger charge is 2.09. The van der Waals surface area contributed by atoms with Gasteiger partial charge in [-0.15, -0.1) is 24.0 Å². The van der Waals surface area contributed by atoms with Crippen molar-refractivity contribution in [3.8, 4) is 5.75 Å². The fourth-order valence-corrected chi connectivity index (χ4v) is 3.09. The average Bonchev–Trinajstić information content (AvgIpc) is 2.84. The summed E-state index contributed by atoms with van der Waals surface area (Å²) in [5.41, 5.74) is 2.30. The van der Waals surface area contributed by atoms with E-state index < -0.39 is 0 Å². The van der Waals surface area contributed by atoms with Crippen molar-refractivity contribution < 1.29 is 5.11 Å². The van der Waals surface area contributed by atoms with Gasteiger partial charge < -0.3 is 19.9 Å². The molecule has 0 atom stereocenters. The summed E-state index contributed by atoms with van der Waals surface area (Å²) in [6, 6.07) is 9.45. The molecule has 138 valence electrons. The number of aliphatic imine (C=N–C) groups is 1. The third-order valence-corrected chi connectivity index (χ3v) is 4.18. The smallest absolute Gasteiger partial charge is 0.194 e. The van der Waals surface area contributed by atoms with Gasteiger partial charge >= 0.3 is 0 Å². The molecule has 0 aliphatic carbocycles. The zero-order valence-corrected chi connectivity index (χ0v) is 18.8. The maximum atomic E-state index is 9.52. The van der Waals surface area contributed by atoms with E-state index in [4.69, 9.17) is 4.99 Å². The summed E-state index contributed by atoms with van der Waals surface area (Å²) in [7, 11) is 4.08. The molecule has 1 aromatic carbocycles. The van der Waals surface area contributed by atoms with Crippen LogP contribution in [0.3, 0.4) is 0 Å². The molecule has 0 unspecified atom stereocenters. The predicted octanol–water partition coefficient (Wildman–Crippen LogP) is 3.75. The molecule has 0 fully saturated rings. The Labute approximate surface area is 175 Å². The fourth-order valence-electron chi connectivity index (χ4n) is 2.51. The van der Waals surface area contributed by atoms with Crippen molar-refractivity contribution in [3.63, 3.8) is 0 Å². The van der Waals surface area contributed by atoms with E-state index in [-0.39, 0.29) is 24.0 Å². The van der Waals surface area contributed by atoms with E-state index in [0.717, 1.165) is 35.5 Å². The van der Waals surface area contributed by atoms with Crippen LogP contribution in [-0.2, 0) is 20.0 Å². The lowest BCUT2D eigenvalue weighted by molar-refractivity contribution is 0.462. The topological polar surface area (TPSA) is 52.8 Å². The summed E-state index contributed by atoms with van der Waals surface area (Å²) in [6.07, 6.45) is 2.85. The molecule has 1 heterocycles. The van der Waals surface area contributed by atoms with Gasteiger partial charge in [0.05, 0.1) is 6.54 Å². The second-order valence-corrected chi connectivity index (χ2v) is 6.69. The number of phenolic OH excluding ortho intramolecular Hbond substituents is 1. The van der Waals surface area contributed by atoms with Gasteiger partial charge in [-0.05, 0) is 53.0 Å². The summed E-state index contributed by atoms with van der Waals surface area (Å²) >= 11 is 3.51. The molecule has 0 aliphatic rings.